The van der Waals surface area contributed by atoms with Crippen LogP contribution in [0.3, 0.4) is 0 Å². The summed E-state index contributed by atoms with van der Waals surface area (Å²) in [4.78, 5) is 0.317. The third kappa shape index (κ3) is 4.52. The second-order valence-corrected chi connectivity index (χ2v) is 8.47. The molecule has 1 aromatic carbocycles. The van der Waals surface area contributed by atoms with Gasteiger partial charge in [0.15, 0.2) is 0 Å². The van der Waals surface area contributed by atoms with Crippen LogP contribution < -0.4 is 10.0 Å². The predicted octanol–water partition coefficient (Wildman–Crippen LogP) is 3.02. The third-order valence-electron chi connectivity index (χ3n) is 3.75. The Kier molecular flexibility index (Phi) is 5.46. The van der Waals surface area contributed by atoms with Crippen molar-refractivity contribution < 1.29 is 8.42 Å². The Morgan fingerprint density at radius 3 is 2.62 bits per heavy atom. The van der Waals surface area contributed by atoms with E-state index in [-0.39, 0.29) is 6.04 Å². The molecular formula is C15H23BrN2O2S. The summed E-state index contributed by atoms with van der Waals surface area (Å²) in [6.45, 7) is 6.98. The lowest BCUT2D eigenvalue weighted by molar-refractivity contribution is 0.574. The molecule has 0 spiro atoms. The smallest absolute Gasteiger partial charge is 0.241 e. The van der Waals surface area contributed by atoms with E-state index in [0.717, 1.165) is 24.9 Å². The normalized spacial score (nSPS) is 21.8. The topological polar surface area (TPSA) is 58.2 Å². The Bertz CT molecular complexity index is 602. The van der Waals surface area contributed by atoms with Crippen LogP contribution in [-0.4, -0.2) is 20.5 Å². The fourth-order valence-electron chi connectivity index (χ4n) is 2.30. The van der Waals surface area contributed by atoms with E-state index in [1.54, 1.807) is 6.07 Å². The number of sulfonamides is 1. The van der Waals surface area contributed by atoms with E-state index < -0.39 is 10.0 Å². The quantitative estimate of drug-likeness (QED) is 0.770. The van der Waals surface area contributed by atoms with Crippen molar-refractivity contribution in [3.63, 3.8) is 0 Å². The second-order valence-electron chi connectivity index (χ2n) is 5.93. The highest BCUT2D eigenvalue weighted by molar-refractivity contribution is 9.10. The standard InChI is InChI=1S/C15H23BrN2O2S/c1-4-12-8-14(12)18-21(19,20)15-6-5-11(7-13(15)16)9-17-10(2)3/h5-7,10,12,14,17-18H,4,8-9H2,1-3H3. The van der Waals surface area contributed by atoms with Gasteiger partial charge in [0, 0.05) is 23.1 Å². The molecule has 1 aromatic rings. The zero-order chi connectivity index (χ0) is 15.6. The molecule has 0 saturated heterocycles. The summed E-state index contributed by atoms with van der Waals surface area (Å²) >= 11 is 3.39. The van der Waals surface area contributed by atoms with Gasteiger partial charge in [0.1, 0.15) is 0 Å². The lowest BCUT2D eigenvalue weighted by atomic mass is 10.2. The minimum absolute atomic E-state index is 0.106. The van der Waals surface area contributed by atoms with Crippen molar-refractivity contribution in [2.45, 2.75) is 57.1 Å². The van der Waals surface area contributed by atoms with Crippen LogP contribution in [0.15, 0.2) is 27.6 Å². The number of hydrogen-bond acceptors (Lipinski definition) is 3. The largest absolute Gasteiger partial charge is 0.310 e. The van der Waals surface area contributed by atoms with Gasteiger partial charge in [-0.05, 0) is 46.0 Å². The van der Waals surface area contributed by atoms with E-state index in [0.29, 0.717) is 21.3 Å². The zero-order valence-corrected chi connectivity index (χ0v) is 15.1. The molecule has 0 heterocycles. The van der Waals surface area contributed by atoms with Crippen LogP contribution in [0.4, 0.5) is 0 Å². The highest BCUT2D eigenvalue weighted by Gasteiger charge is 2.39. The van der Waals surface area contributed by atoms with Crippen molar-refractivity contribution in [3.8, 4) is 0 Å². The monoisotopic (exact) mass is 374 g/mol. The molecule has 1 aliphatic carbocycles. The van der Waals surface area contributed by atoms with Crippen LogP contribution in [-0.2, 0) is 16.6 Å². The first-order chi connectivity index (χ1) is 9.83. The van der Waals surface area contributed by atoms with E-state index >= 15 is 0 Å². The fourth-order valence-corrected chi connectivity index (χ4v) is 4.74. The van der Waals surface area contributed by atoms with E-state index in [4.69, 9.17) is 0 Å². The maximum absolute atomic E-state index is 12.4. The minimum atomic E-state index is -3.44. The summed E-state index contributed by atoms with van der Waals surface area (Å²) in [6, 6.07) is 5.91. The summed E-state index contributed by atoms with van der Waals surface area (Å²) in [6.07, 6.45) is 1.97. The third-order valence-corrected chi connectivity index (χ3v) is 6.22. The maximum atomic E-state index is 12.4. The molecule has 2 atom stereocenters. The predicted molar refractivity (Wildman–Crippen MR) is 88.6 cm³/mol. The van der Waals surface area contributed by atoms with Crippen molar-refractivity contribution in [2.75, 3.05) is 0 Å². The summed E-state index contributed by atoms with van der Waals surface area (Å²) in [5.74, 6) is 0.494. The number of benzene rings is 1. The van der Waals surface area contributed by atoms with Crippen LogP contribution in [0.25, 0.3) is 0 Å². The number of rotatable bonds is 7. The van der Waals surface area contributed by atoms with Crippen molar-refractivity contribution >= 4 is 26.0 Å². The highest BCUT2D eigenvalue weighted by Crippen LogP contribution is 2.35. The molecule has 0 amide bonds. The molecular weight excluding hydrogens is 352 g/mol. The molecule has 0 aromatic heterocycles. The highest BCUT2D eigenvalue weighted by atomic mass is 79.9. The van der Waals surface area contributed by atoms with Gasteiger partial charge in [0.25, 0.3) is 0 Å². The molecule has 6 heteroatoms. The summed E-state index contributed by atoms with van der Waals surface area (Å²) in [5, 5.41) is 3.32. The molecule has 21 heavy (non-hydrogen) atoms. The van der Waals surface area contributed by atoms with Gasteiger partial charge in [-0.3, -0.25) is 0 Å². The van der Waals surface area contributed by atoms with Crippen LogP contribution in [0, 0.1) is 5.92 Å². The first-order valence-electron chi connectivity index (χ1n) is 7.37. The molecule has 0 bridgehead atoms. The first kappa shape index (κ1) is 16.9. The molecule has 1 fully saturated rings. The van der Waals surface area contributed by atoms with Crippen LogP contribution in [0.5, 0.6) is 0 Å². The van der Waals surface area contributed by atoms with Gasteiger partial charge in [0.2, 0.25) is 10.0 Å². The average Bonchev–Trinajstić information content (AvgIpc) is 3.13. The van der Waals surface area contributed by atoms with Crippen LogP contribution >= 0.6 is 15.9 Å². The SMILES string of the molecule is CCC1CC1NS(=O)(=O)c1ccc(CNC(C)C)cc1Br. The van der Waals surface area contributed by atoms with E-state index in [1.807, 2.05) is 12.1 Å². The molecule has 2 unspecified atom stereocenters. The zero-order valence-electron chi connectivity index (χ0n) is 12.7. The van der Waals surface area contributed by atoms with E-state index in [1.165, 1.54) is 0 Å². The lowest BCUT2D eigenvalue weighted by Crippen LogP contribution is -2.27. The van der Waals surface area contributed by atoms with Crippen molar-refractivity contribution in [1.82, 2.24) is 10.0 Å². The van der Waals surface area contributed by atoms with Gasteiger partial charge in [-0.2, -0.15) is 0 Å². The fraction of sp³-hybridized carbons (Fsp3) is 0.600. The van der Waals surface area contributed by atoms with Crippen LogP contribution in [0.2, 0.25) is 0 Å². The Labute approximate surface area is 135 Å². The number of halogens is 1. The Morgan fingerprint density at radius 2 is 2.10 bits per heavy atom. The lowest BCUT2D eigenvalue weighted by Gasteiger charge is -2.11. The van der Waals surface area contributed by atoms with Gasteiger partial charge in [0.05, 0.1) is 4.90 Å². The average molecular weight is 375 g/mol. The minimum Gasteiger partial charge on any atom is -0.310 e. The molecule has 1 aliphatic rings. The van der Waals surface area contributed by atoms with Crippen molar-refractivity contribution in [2.24, 2.45) is 5.92 Å². The van der Waals surface area contributed by atoms with Gasteiger partial charge < -0.3 is 5.32 Å². The molecule has 4 nitrogen and oxygen atoms in total. The maximum Gasteiger partial charge on any atom is 0.241 e. The van der Waals surface area contributed by atoms with Gasteiger partial charge >= 0.3 is 0 Å². The molecule has 2 rings (SSSR count). The summed E-state index contributed by atoms with van der Waals surface area (Å²) in [5.41, 5.74) is 1.06. The molecule has 0 aliphatic heterocycles. The van der Waals surface area contributed by atoms with Gasteiger partial charge in [-0.1, -0.05) is 33.3 Å². The van der Waals surface area contributed by atoms with Gasteiger partial charge in [-0.25, -0.2) is 13.1 Å². The molecule has 2 N–H and O–H groups in total. The summed E-state index contributed by atoms with van der Waals surface area (Å²) in [7, 11) is -3.44. The molecule has 1 saturated carbocycles. The molecule has 118 valence electrons. The van der Waals surface area contributed by atoms with E-state index in [2.05, 4.69) is 46.7 Å². The van der Waals surface area contributed by atoms with Gasteiger partial charge in [-0.15, -0.1) is 0 Å². The van der Waals surface area contributed by atoms with Crippen molar-refractivity contribution in [3.05, 3.63) is 28.2 Å². The Hall–Kier alpha value is -0.430. The van der Waals surface area contributed by atoms with E-state index in [9.17, 15) is 8.42 Å². The van der Waals surface area contributed by atoms with Crippen LogP contribution in [0.1, 0.15) is 39.2 Å². The Balaban J connectivity index is 2.09. The summed E-state index contributed by atoms with van der Waals surface area (Å²) < 4.78 is 28.2. The number of nitrogens with one attached hydrogen (secondary N) is 2. The molecule has 0 radical (unpaired) electrons. The second kappa shape index (κ2) is 6.77. The first-order valence-corrected chi connectivity index (χ1v) is 9.65. The van der Waals surface area contributed by atoms with Crippen molar-refractivity contribution in [1.29, 1.82) is 0 Å². The Morgan fingerprint density at radius 1 is 1.38 bits per heavy atom. The number of hydrogen-bond donors (Lipinski definition) is 2.